The number of nitrogens with zero attached hydrogens (tertiary/aromatic N) is 3. The Kier molecular flexibility index (Phi) is 6.32. The van der Waals surface area contributed by atoms with Crippen LogP contribution in [0, 0.1) is 6.92 Å². The van der Waals surface area contributed by atoms with E-state index in [1.165, 1.54) is 0 Å². The van der Waals surface area contributed by atoms with Crippen molar-refractivity contribution in [1.82, 2.24) is 14.5 Å². The van der Waals surface area contributed by atoms with Gasteiger partial charge in [0, 0.05) is 29.6 Å². The molecule has 4 rings (SSSR count). The number of aromatic nitrogens is 3. The van der Waals surface area contributed by atoms with Crippen molar-refractivity contribution in [3.05, 3.63) is 40.3 Å². The zero-order chi connectivity index (χ0) is 21.1. The Hall–Kier alpha value is -2.47. The molecule has 0 bridgehead atoms. The summed E-state index contributed by atoms with van der Waals surface area (Å²) in [6, 6.07) is 6.13. The number of fused-ring (bicyclic) bond motifs is 3. The lowest BCUT2D eigenvalue weighted by atomic mass is 9.94. The van der Waals surface area contributed by atoms with Gasteiger partial charge in [-0.2, -0.15) is 4.98 Å². The number of pyridine rings is 1. The fourth-order valence-electron chi connectivity index (χ4n) is 4.57. The molecule has 3 aromatic rings. The van der Waals surface area contributed by atoms with E-state index in [-0.39, 0.29) is 17.7 Å². The van der Waals surface area contributed by atoms with Gasteiger partial charge in [0.25, 0.3) is 5.56 Å². The van der Waals surface area contributed by atoms with E-state index in [4.69, 9.17) is 4.98 Å². The lowest BCUT2D eigenvalue weighted by molar-refractivity contribution is 0.134. The van der Waals surface area contributed by atoms with Gasteiger partial charge in [0.2, 0.25) is 5.95 Å². The molecule has 0 amide bonds. The fourth-order valence-corrected chi connectivity index (χ4v) is 4.57. The number of aliphatic hydroxyl groups is 1. The Bertz CT molecular complexity index is 1080. The van der Waals surface area contributed by atoms with E-state index in [9.17, 15) is 9.90 Å². The molecule has 2 aromatic heterocycles. The number of benzene rings is 1. The molecule has 1 aliphatic rings. The molecule has 30 heavy (non-hydrogen) atoms. The third-order valence-corrected chi connectivity index (χ3v) is 6.24. The maximum Gasteiger partial charge on any atom is 0.260 e. The first-order valence-electron chi connectivity index (χ1n) is 11.3. The quantitative estimate of drug-likeness (QED) is 0.472. The zero-order valence-corrected chi connectivity index (χ0v) is 18.0. The topological polar surface area (TPSA) is 80.0 Å². The molecule has 1 aromatic carbocycles. The first-order chi connectivity index (χ1) is 14.6. The van der Waals surface area contributed by atoms with Crippen LogP contribution in [-0.2, 0) is 0 Å². The third kappa shape index (κ3) is 4.19. The summed E-state index contributed by atoms with van der Waals surface area (Å²) < 4.78 is 1.92. The number of hydrogen-bond acceptors (Lipinski definition) is 5. The predicted molar refractivity (Wildman–Crippen MR) is 122 cm³/mol. The van der Waals surface area contributed by atoms with Gasteiger partial charge in [-0.3, -0.25) is 9.36 Å². The van der Waals surface area contributed by atoms with E-state index in [1.807, 2.05) is 35.9 Å². The maximum atomic E-state index is 13.7. The van der Waals surface area contributed by atoms with Crippen molar-refractivity contribution in [2.75, 3.05) is 11.9 Å². The van der Waals surface area contributed by atoms with Crippen LogP contribution in [0.5, 0.6) is 0 Å². The summed E-state index contributed by atoms with van der Waals surface area (Å²) in [5.41, 5.74) is 1.83. The summed E-state index contributed by atoms with van der Waals surface area (Å²) >= 11 is 0. The van der Waals surface area contributed by atoms with Crippen molar-refractivity contribution in [3.63, 3.8) is 0 Å². The van der Waals surface area contributed by atoms with E-state index < -0.39 is 0 Å². The van der Waals surface area contributed by atoms with Crippen molar-refractivity contribution in [2.24, 2.45) is 0 Å². The van der Waals surface area contributed by atoms with Crippen molar-refractivity contribution in [1.29, 1.82) is 0 Å². The average Bonchev–Trinajstić information content (AvgIpc) is 2.72. The fraction of sp³-hybridized carbons (Fsp3) is 0.542. The maximum absolute atomic E-state index is 13.7. The molecule has 6 heteroatoms. The minimum atomic E-state index is -0.213. The summed E-state index contributed by atoms with van der Waals surface area (Å²) in [5, 5.41) is 15.9. The van der Waals surface area contributed by atoms with E-state index in [0.29, 0.717) is 5.95 Å². The monoisotopic (exact) mass is 408 g/mol. The number of aryl methyl sites for hydroxylation is 1. The van der Waals surface area contributed by atoms with Crippen LogP contribution in [0.4, 0.5) is 5.95 Å². The highest BCUT2D eigenvalue weighted by Gasteiger charge is 2.22. The molecule has 0 spiro atoms. The van der Waals surface area contributed by atoms with Crippen LogP contribution >= 0.6 is 0 Å². The molecule has 1 saturated carbocycles. The summed E-state index contributed by atoms with van der Waals surface area (Å²) in [4.78, 5) is 23.0. The van der Waals surface area contributed by atoms with Gasteiger partial charge in [0.1, 0.15) is 5.65 Å². The van der Waals surface area contributed by atoms with Gasteiger partial charge in [-0.1, -0.05) is 31.0 Å². The first kappa shape index (κ1) is 20.8. The molecule has 2 N–H and O–H groups in total. The Morgan fingerprint density at radius 2 is 1.90 bits per heavy atom. The number of rotatable bonds is 5. The van der Waals surface area contributed by atoms with Crippen molar-refractivity contribution < 1.29 is 5.11 Å². The van der Waals surface area contributed by atoms with Crippen molar-refractivity contribution >= 4 is 27.8 Å². The standard InChI is InChI=1S/C24H32N4O2/c1-3-4-13-25-24-26-15-21-19-12-11-16(2)14-20(19)23(30)28(22(21)27-24)17-7-5-9-18(29)10-6-8-17/h11-12,14-15,17-18,29H,3-10,13H2,1-2H3,(H,25,26,27)/t17-,18-. The van der Waals surface area contributed by atoms with Gasteiger partial charge in [0.05, 0.1) is 6.10 Å². The Morgan fingerprint density at radius 1 is 1.13 bits per heavy atom. The Labute approximate surface area is 177 Å². The van der Waals surface area contributed by atoms with Crippen LogP contribution in [-0.4, -0.2) is 32.3 Å². The number of anilines is 1. The Morgan fingerprint density at radius 3 is 2.63 bits per heavy atom. The van der Waals surface area contributed by atoms with Gasteiger partial charge in [-0.15, -0.1) is 0 Å². The molecule has 1 aliphatic carbocycles. The van der Waals surface area contributed by atoms with E-state index in [0.717, 1.165) is 85.3 Å². The number of unbranched alkanes of at least 4 members (excludes halogenated alkanes) is 1. The normalized spacial score (nSPS) is 20.2. The number of nitrogens with one attached hydrogen (secondary N) is 1. The second-order valence-corrected chi connectivity index (χ2v) is 8.60. The molecular weight excluding hydrogens is 376 g/mol. The van der Waals surface area contributed by atoms with Crippen LogP contribution in [0.2, 0.25) is 0 Å². The van der Waals surface area contributed by atoms with E-state index >= 15 is 0 Å². The third-order valence-electron chi connectivity index (χ3n) is 6.24. The predicted octanol–water partition coefficient (Wildman–Crippen LogP) is 4.72. The van der Waals surface area contributed by atoms with Crippen LogP contribution in [0.1, 0.15) is 69.9 Å². The SMILES string of the molecule is CCCCNc1ncc2c3ccc(C)cc3c(=O)n([C@H]3CCC[C@H](O)CCC3)c2n1. The molecule has 0 radical (unpaired) electrons. The van der Waals surface area contributed by atoms with Crippen LogP contribution < -0.4 is 10.9 Å². The summed E-state index contributed by atoms with van der Waals surface area (Å²) in [7, 11) is 0. The summed E-state index contributed by atoms with van der Waals surface area (Å²) in [5.74, 6) is 0.580. The molecule has 0 atom stereocenters. The molecule has 6 nitrogen and oxygen atoms in total. The molecule has 0 saturated heterocycles. The van der Waals surface area contributed by atoms with Crippen LogP contribution in [0.25, 0.3) is 21.8 Å². The lowest BCUT2D eigenvalue weighted by Crippen LogP contribution is -2.28. The molecule has 0 unspecified atom stereocenters. The highest BCUT2D eigenvalue weighted by Crippen LogP contribution is 2.30. The van der Waals surface area contributed by atoms with Gasteiger partial charge >= 0.3 is 0 Å². The first-order valence-corrected chi connectivity index (χ1v) is 11.3. The van der Waals surface area contributed by atoms with E-state index in [2.05, 4.69) is 17.2 Å². The second-order valence-electron chi connectivity index (χ2n) is 8.60. The minimum Gasteiger partial charge on any atom is -0.393 e. The molecule has 160 valence electrons. The summed E-state index contributed by atoms with van der Waals surface area (Å²) in [6.45, 7) is 4.99. The lowest BCUT2D eigenvalue weighted by Gasteiger charge is -2.25. The highest BCUT2D eigenvalue weighted by atomic mass is 16.3. The number of aliphatic hydroxyl groups excluding tert-OH is 1. The van der Waals surface area contributed by atoms with Crippen LogP contribution in [0.15, 0.2) is 29.2 Å². The van der Waals surface area contributed by atoms with Gasteiger partial charge in [0.15, 0.2) is 0 Å². The molecule has 0 aliphatic heterocycles. The molecule has 1 fully saturated rings. The molecular formula is C24H32N4O2. The Balaban J connectivity index is 1.88. The highest BCUT2D eigenvalue weighted by molar-refractivity contribution is 6.04. The minimum absolute atomic E-state index is 0.0329. The van der Waals surface area contributed by atoms with E-state index in [1.54, 1.807) is 0 Å². The zero-order valence-electron chi connectivity index (χ0n) is 18.0. The van der Waals surface area contributed by atoms with Gasteiger partial charge in [-0.05, 0) is 63.3 Å². The largest absolute Gasteiger partial charge is 0.393 e. The smallest absolute Gasteiger partial charge is 0.260 e. The second kappa shape index (κ2) is 9.13. The van der Waals surface area contributed by atoms with Crippen molar-refractivity contribution in [3.8, 4) is 0 Å². The number of hydrogen-bond donors (Lipinski definition) is 2. The summed E-state index contributed by atoms with van der Waals surface area (Å²) in [6.07, 6.45) is 8.99. The molecule has 2 heterocycles. The van der Waals surface area contributed by atoms with Gasteiger partial charge in [-0.25, -0.2) is 4.98 Å². The van der Waals surface area contributed by atoms with Gasteiger partial charge < -0.3 is 10.4 Å². The van der Waals surface area contributed by atoms with Crippen molar-refractivity contribution in [2.45, 2.75) is 77.4 Å². The average molecular weight is 409 g/mol. The van der Waals surface area contributed by atoms with Crippen LogP contribution in [0.3, 0.4) is 0 Å².